The number of imidazole rings is 1. The van der Waals surface area contributed by atoms with Gasteiger partial charge in [-0.2, -0.15) is 0 Å². The van der Waals surface area contributed by atoms with E-state index in [1.54, 1.807) is 46.5 Å². The molecular formula is C18H13FN4OS. The molecule has 3 aromatic heterocycles. The number of thiophene rings is 1. The predicted octanol–water partition coefficient (Wildman–Crippen LogP) is 3.53. The van der Waals surface area contributed by atoms with Gasteiger partial charge in [-0.05, 0) is 35.7 Å². The van der Waals surface area contributed by atoms with Gasteiger partial charge in [0.25, 0.3) is 5.91 Å². The molecule has 1 aromatic carbocycles. The average Bonchev–Trinajstić information content (AvgIpc) is 3.28. The Labute approximate surface area is 146 Å². The quantitative estimate of drug-likeness (QED) is 0.611. The standard InChI is InChI=1S/C18H13FN4OS/c19-13-5-3-12(4-6-13)16-15-11-20-7-8-23(15)17(22-16)18(24)21-10-14-2-1-9-25-14/h1-9,11H,10H2,(H,21,24). The first kappa shape index (κ1) is 15.5. The van der Waals surface area contributed by atoms with Gasteiger partial charge in [0.2, 0.25) is 5.82 Å². The lowest BCUT2D eigenvalue weighted by Crippen LogP contribution is -2.24. The molecule has 124 valence electrons. The van der Waals surface area contributed by atoms with Crippen LogP contribution in [0, 0.1) is 5.82 Å². The van der Waals surface area contributed by atoms with E-state index in [1.807, 2.05) is 17.5 Å². The lowest BCUT2D eigenvalue weighted by Gasteiger charge is -2.02. The highest BCUT2D eigenvalue weighted by atomic mass is 32.1. The third-order valence-corrected chi connectivity index (χ3v) is 4.65. The van der Waals surface area contributed by atoms with Crippen molar-refractivity contribution in [2.45, 2.75) is 6.54 Å². The molecule has 0 unspecified atom stereocenters. The zero-order valence-corrected chi connectivity index (χ0v) is 13.8. The van der Waals surface area contributed by atoms with Crippen molar-refractivity contribution < 1.29 is 9.18 Å². The van der Waals surface area contributed by atoms with Crippen molar-refractivity contribution >= 4 is 22.8 Å². The molecule has 5 nitrogen and oxygen atoms in total. The first-order valence-electron chi connectivity index (χ1n) is 7.61. The Bertz CT molecular complexity index is 1030. The minimum atomic E-state index is -0.320. The number of carbonyl (C=O) groups excluding carboxylic acids is 1. The van der Waals surface area contributed by atoms with E-state index in [4.69, 9.17) is 0 Å². The summed E-state index contributed by atoms with van der Waals surface area (Å²) in [5.74, 6) is -0.324. The predicted molar refractivity (Wildman–Crippen MR) is 93.9 cm³/mol. The number of hydrogen-bond donors (Lipinski definition) is 1. The van der Waals surface area contributed by atoms with Crippen LogP contribution in [0.1, 0.15) is 15.5 Å². The Kier molecular flexibility index (Phi) is 3.99. The topological polar surface area (TPSA) is 59.3 Å². The van der Waals surface area contributed by atoms with Gasteiger partial charge in [-0.1, -0.05) is 6.07 Å². The number of benzene rings is 1. The van der Waals surface area contributed by atoms with E-state index in [0.29, 0.717) is 17.8 Å². The molecule has 3 heterocycles. The van der Waals surface area contributed by atoms with Gasteiger partial charge in [0, 0.05) is 22.8 Å². The molecule has 0 radical (unpaired) electrons. The van der Waals surface area contributed by atoms with Crippen LogP contribution in [-0.2, 0) is 6.54 Å². The number of aromatic nitrogens is 3. The van der Waals surface area contributed by atoms with E-state index in [2.05, 4.69) is 15.3 Å². The van der Waals surface area contributed by atoms with Gasteiger partial charge in [0.1, 0.15) is 5.82 Å². The molecule has 7 heteroatoms. The van der Waals surface area contributed by atoms with E-state index in [-0.39, 0.29) is 17.5 Å². The molecule has 0 bridgehead atoms. The van der Waals surface area contributed by atoms with Crippen molar-refractivity contribution in [1.82, 2.24) is 19.7 Å². The molecule has 0 fully saturated rings. The third-order valence-electron chi connectivity index (χ3n) is 3.77. The molecule has 0 saturated carbocycles. The van der Waals surface area contributed by atoms with Gasteiger partial charge >= 0.3 is 0 Å². The van der Waals surface area contributed by atoms with E-state index in [1.165, 1.54) is 12.1 Å². The first-order valence-corrected chi connectivity index (χ1v) is 8.49. The molecule has 0 aliphatic rings. The molecule has 1 N–H and O–H groups in total. The molecule has 1 amide bonds. The van der Waals surface area contributed by atoms with Crippen LogP contribution in [0.2, 0.25) is 0 Å². The Morgan fingerprint density at radius 3 is 2.84 bits per heavy atom. The maximum Gasteiger partial charge on any atom is 0.287 e. The second-order valence-corrected chi connectivity index (χ2v) is 6.42. The molecule has 4 aromatic rings. The Morgan fingerprint density at radius 1 is 1.24 bits per heavy atom. The minimum absolute atomic E-state index is 0.272. The zero-order valence-electron chi connectivity index (χ0n) is 13.0. The van der Waals surface area contributed by atoms with Crippen LogP contribution in [0.4, 0.5) is 4.39 Å². The summed E-state index contributed by atoms with van der Waals surface area (Å²) in [7, 11) is 0. The van der Waals surface area contributed by atoms with E-state index >= 15 is 0 Å². The van der Waals surface area contributed by atoms with Crippen molar-refractivity contribution in [2.75, 3.05) is 0 Å². The normalized spacial score (nSPS) is 10.9. The number of nitrogens with zero attached hydrogens (tertiary/aromatic N) is 3. The second-order valence-electron chi connectivity index (χ2n) is 5.38. The summed E-state index contributed by atoms with van der Waals surface area (Å²) in [5.41, 5.74) is 2.01. The summed E-state index contributed by atoms with van der Waals surface area (Å²) < 4.78 is 14.9. The average molecular weight is 352 g/mol. The minimum Gasteiger partial charge on any atom is -0.344 e. The van der Waals surface area contributed by atoms with Crippen LogP contribution < -0.4 is 5.32 Å². The Balaban J connectivity index is 1.71. The highest BCUT2D eigenvalue weighted by molar-refractivity contribution is 7.09. The molecule has 25 heavy (non-hydrogen) atoms. The van der Waals surface area contributed by atoms with Crippen molar-refractivity contribution in [3.8, 4) is 11.3 Å². The van der Waals surface area contributed by atoms with Crippen molar-refractivity contribution in [2.24, 2.45) is 0 Å². The first-order chi connectivity index (χ1) is 12.2. The van der Waals surface area contributed by atoms with Gasteiger partial charge in [-0.3, -0.25) is 14.2 Å². The maximum atomic E-state index is 13.2. The summed E-state index contributed by atoms with van der Waals surface area (Å²) in [6.45, 7) is 0.447. The van der Waals surface area contributed by atoms with Gasteiger partial charge in [0.05, 0.1) is 24.0 Å². The maximum absolute atomic E-state index is 13.2. The number of rotatable bonds is 4. The van der Waals surface area contributed by atoms with Crippen LogP contribution in [0.25, 0.3) is 16.8 Å². The molecule has 0 atom stereocenters. The Morgan fingerprint density at radius 2 is 2.08 bits per heavy atom. The summed E-state index contributed by atoms with van der Waals surface area (Å²) in [4.78, 5) is 22.2. The summed E-state index contributed by atoms with van der Waals surface area (Å²) in [6, 6.07) is 9.91. The van der Waals surface area contributed by atoms with Gasteiger partial charge in [-0.25, -0.2) is 9.37 Å². The molecule has 0 spiro atoms. The number of carbonyl (C=O) groups is 1. The number of hydrogen-bond acceptors (Lipinski definition) is 4. The van der Waals surface area contributed by atoms with Crippen molar-refractivity contribution in [3.05, 3.63) is 76.9 Å². The van der Waals surface area contributed by atoms with Gasteiger partial charge in [0.15, 0.2) is 0 Å². The lowest BCUT2D eigenvalue weighted by atomic mass is 10.1. The highest BCUT2D eigenvalue weighted by Crippen LogP contribution is 2.24. The van der Waals surface area contributed by atoms with E-state index < -0.39 is 0 Å². The molecular weight excluding hydrogens is 339 g/mol. The van der Waals surface area contributed by atoms with Crippen molar-refractivity contribution in [3.63, 3.8) is 0 Å². The van der Waals surface area contributed by atoms with Crippen LogP contribution >= 0.6 is 11.3 Å². The van der Waals surface area contributed by atoms with Crippen LogP contribution in [0.3, 0.4) is 0 Å². The number of fused-ring (bicyclic) bond motifs is 1. The van der Waals surface area contributed by atoms with Gasteiger partial charge in [-0.15, -0.1) is 11.3 Å². The van der Waals surface area contributed by atoms with Crippen LogP contribution in [0.5, 0.6) is 0 Å². The van der Waals surface area contributed by atoms with E-state index in [0.717, 1.165) is 10.4 Å². The summed E-state index contributed by atoms with van der Waals surface area (Å²) in [5, 5.41) is 4.84. The summed E-state index contributed by atoms with van der Waals surface area (Å²) >= 11 is 1.58. The molecule has 0 aliphatic heterocycles. The van der Waals surface area contributed by atoms with Crippen molar-refractivity contribution in [1.29, 1.82) is 0 Å². The largest absolute Gasteiger partial charge is 0.344 e. The fourth-order valence-corrected chi connectivity index (χ4v) is 3.22. The van der Waals surface area contributed by atoms with Crippen LogP contribution in [-0.4, -0.2) is 20.3 Å². The van der Waals surface area contributed by atoms with Gasteiger partial charge < -0.3 is 5.32 Å². The van der Waals surface area contributed by atoms with Crippen LogP contribution in [0.15, 0.2) is 60.4 Å². The fraction of sp³-hybridized carbons (Fsp3) is 0.0556. The second kappa shape index (κ2) is 6.45. The monoisotopic (exact) mass is 352 g/mol. The molecule has 0 saturated heterocycles. The molecule has 4 rings (SSSR count). The smallest absolute Gasteiger partial charge is 0.287 e. The number of amides is 1. The SMILES string of the molecule is O=C(NCc1cccs1)c1nc(-c2ccc(F)cc2)c2cnccn12. The van der Waals surface area contributed by atoms with E-state index in [9.17, 15) is 9.18 Å². The Hall–Kier alpha value is -3.06. The lowest BCUT2D eigenvalue weighted by molar-refractivity contribution is 0.0940. The fourth-order valence-electron chi connectivity index (χ4n) is 2.58. The summed E-state index contributed by atoms with van der Waals surface area (Å²) in [6.07, 6.45) is 4.93. The number of halogens is 1. The number of nitrogens with one attached hydrogen (secondary N) is 1. The zero-order chi connectivity index (χ0) is 17.2. The molecule has 0 aliphatic carbocycles. The highest BCUT2D eigenvalue weighted by Gasteiger charge is 2.18. The third kappa shape index (κ3) is 3.01.